The summed E-state index contributed by atoms with van der Waals surface area (Å²) in [6.45, 7) is 7.01. The van der Waals surface area contributed by atoms with Crippen LogP contribution in [-0.2, 0) is 16.6 Å². The molecule has 0 aliphatic rings. The Morgan fingerprint density at radius 2 is 2.10 bits per heavy atom. The first kappa shape index (κ1) is 17.5. The zero-order valence-electron chi connectivity index (χ0n) is 12.4. The van der Waals surface area contributed by atoms with Crippen molar-refractivity contribution in [3.8, 4) is 0 Å². The third-order valence-electron chi connectivity index (χ3n) is 2.89. The summed E-state index contributed by atoms with van der Waals surface area (Å²) in [7, 11) is -3.52. The van der Waals surface area contributed by atoms with Crippen LogP contribution in [-0.4, -0.2) is 42.7 Å². The first-order valence-corrected chi connectivity index (χ1v) is 9.42. The van der Waals surface area contributed by atoms with E-state index in [2.05, 4.69) is 27.2 Å². The summed E-state index contributed by atoms with van der Waals surface area (Å²) >= 11 is 1.72. The average Bonchev–Trinajstić information content (AvgIpc) is 2.85. The molecular formula is C12H24N4O2S2. The molecule has 20 heavy (non-hydrogen) atoms. The fourth-order valence-electron chi connectivity index (χ4n) is 1.56. The molecule has 0 saturated heterocycles. The van der Waals surface area contributed by atoms with Crippen molar-refractivity contribution in [2.75, 3.05) is 12.8 Å². The van der Waals surface area contributed by atoms with E-state index in [4.69, 9.17) is 0 Å². The van der Waals surface area contributed by atoms with Gasteiger partial charge in [-0.1, -0.05) is 20.8 Å². The summed E-state index contributed by atoms with van der Waals surface area (Å²) in [5.74, 6) is 0. The predicted octanol–water partition coefficient (Wildman–Crippen LogP) is 1.33. The van der Waals surface area contributed by atoms with Crippen LogP contribution >= 0.6 is 11.8 Å². The third-order valence-corrected chi connectivity index (χ3v) is 5.41. The van der Waals surface area contributed by atoms with E-state index in [1.807, 2.05) is 20.1 Å². The molecular weight excluding hydrogens is 296 g/mol. The second-order valence-electron chi connectivity index (χ2n) is 4.99. The highest BCUT2D eigenvalue weighted by Crippen LogP contribution is 2.13. The zero-order valence-corrected chi connectivity index (χ0v) is 14.1. The Balaban J connectivity index is 2.65. The van der Waals surface area contributed by atoms with Crippen molar-refractivity contribution in [3.63, 3.8) is 0 Å². The fraction of sp³-hybridized carbons (Fsp3) is 0.750. The molecule has 0 aromatic carbocycles. The van der Waals surface area contributed by atoms with Crippen LogP contribution in [0.4, 0.5) is 0 Å². The summed E-state index contributed by atoms with van der Waals surface area (Å²) in [6, 6.07) is 0.288. The molecule has 1 rings (SSSR count). The molecule has 0 saturated carbocycles. The first-order chi connectivity index (χ1) is 9.36. The maximum Gasteiger partial charge on any atom is 0.257 e. The molecule has 0 bridgehead atoms. The molecule has 1 atom stereocenters. The lowest BCUT2D eigenvalue weighted by molar-refractivity contribution is 0.563. The number of thioether (sulfide) groups is 1. The van der Waals surface area contributed by atoms with E-state index in [1.54, 1.807) is 18.0 Å². The smallest absolute Gasteiger partial charge is 0.257 e. The molecule has 3 N–H and O–H groups in total. The molecule has 8 heteroatoms. The van der Waals surface area contributed by atoms with Gasteiger partial charge in [-0.15, -0.1) is 0 Å². The van der Waals surface area contributed by atoms with Gasteiger partial charge in [-0.05, 0) is 12.7 Å². The van der Waals surface area contributed by atoms with Crippen LogP contribution in [0.3, 0.4) is 0 Å². The number of nitrogens with one attached hydrogen (secondary N) is 3. The minimum atomic E-state index is -3.52. The third kappa shape index (κ3) is 5.43. The van der Waals surface area contributed by atoms with Crippen molar-refractivity contribution in [2.24, 2.45) is 0 Å². The van der Waals surface area contributed by atoms with Crippen LogP contribution in [0.2, 0.25) is 0 Å². The van der Waals surface area contributed by atoms with E-state index in [1.165, 1.54) is 0 Å². The highest BCUT2D eigenvalue weighted by Gasteiger charge is 2.20. The maximum atomic E-state index is 12.2. The second kappa shape index (κ2) is 8.02. The van der Waals surface area contributed by atoms with Gasteiger partial charge >= 0.3 is 0 Å². The number of rotatable bonds is 9. The molecule has 0 fully saturated rings. The molecule has 116 valence electrons. The second-order valence-corrected chi connectivity index (χ2v) is 7.97. The van der Waals surface area contributed by atoms with Crippen molar-refractivity contribution in [1.82, 2.24) is 20.2 Å². The quantitative estimate of drug-likeness (QED) is 0.639. The van der Waals surface area contributed by atoms with Crippen molar-refractivity contribution < 1.29 is 8.42 Å². The van der Waals surface area contributed by atoms with Crippen molar-refractivity contribution in [1.29, 1.82) is 0 Å². The zero-order chi connectivity index (χ0) is 15.2. The van der Waals surface area contributed by atoms with Gasteiger partial charge in [-0.25, -0.2) is 13.1 Å². The summed E-state index contributed by atoms with van der Waals surface area (Å²) in [5.41, 5.74) is 0.657. The van der Waals surface area contributed by atoms with Gasteiger partial charge in [0.2, 0.25) is 0 Å². The molecule has 1 unspecified atom stereocenters. The monoisotopic (exact) mass is 320 g/mol. The molecule has 1 aromatic heterocycles. The molecule has 0 amide bonds. The summed E-state index contributed by atoms with van der Waals surface area (Å²) in [6.07, 6.45) is 4.37. The molecule has 0 aliphatic heterocycles. The molecule has 1 heterocycles. The minimum absolute atomic E-state index is 0.155. The van der Waals surface area contributed by atoms with Crippen LogP contribution in [0, 0.1) is 0 Å². The van der Waals surface area contributed by atoms with E-state index in [-0.39, 0.29) is 11.1 Å². The normalized spacial score (nSPS) is 13.8. The largest absolute Gasteiger partial charge is 0.310 e. The molecule has 0 aliphatic carbocycles. The Bertz CT molecular complexity index is 499. The molecule has 1 aromatic rings. The number of H-pyrrole nitrogens is 1. The Morgan fingerprint density at radius 3 is 2.70 bits per heavy atom. The number of sulfonamides is 1. The van der Waals surface area contributed by atoms with Gasteiger partial charge in [0, 0.05) is 29.9 Å². The highest BCUT2D eigenvalue weighted by molar-refractivity contribution is 7.99. The van der Waals surface area contributed by atoms with E-state index in [0.717, 1.165) is 6.42 Å². The predicted molar refractivity (Wildman–Crippen MR) is 83.3 cm³/mol. The van der Waals surface area contributed by atoms with Gasteiger partial charge in [-0.3, -0.25) is 5.10 Å². The van der Waals surface area contributed by atoms with Crippen LogP contribution in [0.1, 0.15) is 32.8 Å². The van der Waals surface area contributed by atoms with Crippen molar-refractivity contribution >= 4 is 21.8 Å². The van der Waals surface area contributed by atoms with Crippen molar-refractivity contribution in [2.45, 2.75) is 50.1 Å². The number of aromatic nitrogens is 2. The van der Waals surface area contributed by atoms with Gasteiger partial charge in [-0.2, -0.15) is 16.9 Å². The number of aromatic amines is 1. The van der Waals surface area contributed by atoms with Crippen LogP contribution in [0.25, 0.3) is 0 Å². The lowest BCUT2D eigenvalue weighted by Gasteiger charge is -2.11. The molecule has 0 spiro atoms. The SMILES string of the molecule is CSC(C)CCNS(=O)(=O)c1[nH]ncc1CNC(C)C. The standard InChI is InChI=1S/C12H24N4O2S2/c1-9(2)13-7-11-8-14-16-12(11)20(17,18)15-6-5-10(3)19-4/h8-10,13,15H,5-7H2,1-4H3,(H,14,16). The summed E-state index contributed by atoms with van der Waals surface area (Å²) < 4.78 is 27.0. The number of hydrogen-bond acceptors (Lipinski definition) is 5. The van der Waals surface area contributed by atoms with E-state index < -0.39 is 10.0 Å². The van der Waals surface area contributed by atoms with Crippen LogP contribution < -0.4 is 10.0 Å². The molecule has 0 radical (unpaired) electrons. The average molecular weight is 320 g/mol. The van der Waals surface area contributed by atoms with E-state index >= 15 is 0 Å². The Labute approximate surface area is 125 Å². The topological polar surface area (TPSA) is 86.9 Å². The maximum absolute atomic E-state index is 12.2. The van der Waals surface area contributed by atoms with Gasteiger partial charge < -0.3 is 5.32 Å². The lowest BCUT2D eigenvalue weighted by atomic mass is 10.3. The lowest BCUT2D eigenvalue weighted by Crippen LogP contribution is -2.29. The molecule has 6 nitrogen and oxygen atoms in total. The number of nitrogens with zero attached hydrogens (tertiary/aromatic N) is 1. The van der Waals surface area contributed by atoms with E-state index in [0.29, 0.717) is 23.9 Å². The Kier molecular flexibility index (Phi) is 7.01. The van der Waals surface area contributed by atoms with Gasteiger partial charge in [0.15, 0.2) is 5.03 Å². The first-order valence-electron chi connectivity index (χ1n) is 6.65. The summed E-state index contributed by atoms with van der Waals surface area (Å²) in [4.78, 5) is 0. The van der Waals surface area contributed by atoms with Gasteiger partial charge in [0.05, 0.1) is 6.20 Å². The Hall–Kier alpha value is -0.570. The van der Waals surface area contributed by atoms with Crippen molar-refractivity contribution in [3.05, 3.63) is 11.8 Å². The van der Waals surface area contributed by atoms with Crippen LogP contribution in [0.15, 0.2) is 11.2 Å². The highest BCUT2D eigenvalue weighted by atomic mass is 32.2. The number of hydrogen-bond donors (Lipinski definition) is 3. The summed E-state index contributed by atoms with van der Waals surface area (Å²) in [5, 5.41) is 10.2. The Morgan fingerprint density at radius 1 is 1.40 bits per heavy atom. The van der Waals surface area contributed by atoms with Gasteiger partial charge in [0.1, 0.15) is 0 Å². The minimum Gasteiger partial charge on any atom is -0.310 e. The van der Waals surface area contributed by atoms with Gasteiger partial charge in [0.25, 0.3) is 10.0 Å². The van der Waals surface area contributed by atoms with Crippen LogP contribution in [0.5, 0.6) is 0 Å². The fourth-order valence-corrected chi connectivity index (χ4v) is 3.09. The van der Waals surface area contributed by atoms with E-state index in [9.17, 15) is 8.42 Å².